The van der Waals surface area contributed by atoms with Gasteiger partial charge in [-0.25, -0.2) is 0 Å². The number of carbonyl (C=O) groups excluding carboxylic acids is 2. The van der Waals surface area contributed by atoms with Crippen molar-refractivity contribution in [2.24, 2.45) is 0 Å². The van der Waals surface area contributed by atoms with Gasteiger partial charge in [0.2, 0.25) is 5.78 Å². The fourth-order valence-corrected chi connectivity index (χ4v) is 3.88. The number of hydrogen-bond donors (Lipinski definition) is 3. The Morgan fingerprint density at radius 1 is 0.897 bits per heavy atom. The fraction of sp³-hybridized carbons (Fsp3) is 0.130. The van der Waals surface area contributed by atoms with Crippen LogP contribution in [0.15, 0.2) is 54.6 Å². The first kappa shape index (κ1) is 18.6. The summed E-state index contributed by atoms with van der Waals surface area (Å²) in [4.78, 5) is 26.2. The monoisotopic (exact) mass is 390 g/mol. The van der Waals surface area contributed by atoms with Crippen LogP contribution in [0, 0.1) is 0 Å². The van der Waals surface area contributed by atoms with Crippen LogP contribution in [0.1, 0.15) is 38.5 Å². The van der Waals surface area contributed by atoms with Gasteiger partial charge in [-0.05, 0) is 41.0 Å². The minimum atomic E-state index is -0.832. The minimum Gasteiger partial charge on any atom is -0.507 e. The summed E-state index contributed by atoms with van der Waals surface area (Å²) in [6.45, 7) is 0. The summed E-state index contributed by atoms with van der Waals surface area (Å²) in [6.07, 6.45) is -0.0133. The van der Waals surface area contributed by atoms with Crippen molar-refractivity contribution in [1.29, 1.82) is 0 Å². The van der Waals surface area contributed by atoms with E-state index in [0.717, 1.165) is 0 Å². The number of hydrogen-bond acceptors (Lipinski definition) is 6. The van der Waals surface area contributed by atoms with Crippen LogP contribution in [0.3, 0.4) is 0 Å². The lowest BCUT2D eigenvalue weighted by Gasteiger charge is -2.27. The summed E-state index contributed by atoms with van der Waals surface area (Å²) in [5.74, 6) is -1.83. The number of phenols is 3. The lowest BCUT2D eigenvalue weighted by molar-refractivity contribution is -0.119. The van der Waals surface area contributed by atoms with Crippen LogP contribution in [0.5, 0.6) is 23.0 Å². The van der Waals surface area contributed by atoms with Gasteiger partial charge in [0.05, 0.1) is 24.2 Å². The van der Waals surface area contributed by atoms with Crippen LogP contribution in [-0.2, 0) is 11.2 Å². The molecule has 0 spiro atoms. The molecule has 0 saturated heterocycles. The second-order valence-corrected chi connectivity index (χ2v) is 6.89. The zero-order chi connectivity index (χ0) is 20.7. The van der Waals surface area contributed by atoms with E-state index >= 15 is 0 Å². The Hall–Kier alpha value is -3.80. The summed E-state index contributed by atoms with van der Waals surface area (Å²) in [5, 5.41) is 30.5. The van der Waals surface area contributed by atoms with Crippen LogP contribution in [0.25, 0.3) is 0 Å². The first-order valence-corrected chi connectivity index (χ1v) is 8.99. The summed E-state index contributed by atoms with van der Waals surface area (Å²) < 4.78 is 5.02. The van der Waals surface area contributed by atoms with Gasteiger partial charge in [0, 0.05) is 6.42 Å². The minimum absolute atomic E-state index is 0.0133. The Morgan fingerprint density at radius 3 is 2.00 bits per heavy atom. The van der Waals surface area contributed by atoms with Gasteiger partial charge in [-0.15, -0.1) is 0 Å². The third-order valence-corrected chi connectivity index (χ3v) is 5.17. The molecule has 0 atom stereocenters. The Kier molecular flexibility index (Phi) is 4.47. The van der Waals surface area contributed by atoms with E-state index < -0.39 is 11.7 Å². The van der Waals surface area contributed by atoms with E-state index in [0.29, 0.717) is 22.4 Å². The van der Waals surface area contributed by atoms with Gasteiger partial charge in [-0.2, -0.15) is 0 Å². The summed E-state index contributed by atoms with van der Waals surface area (Å²) >= 11 is 0. The topological polar surface area (TPSA) is 104 Å². The van der Waals surface area contributed by atoms with Crippen molar-refractivity contribution in [2.45, 2.75) is 12.3 Å². The third kappa shape index (κ3) is 2.99. The molecule has 0 radical (unpaired) electrons. The van der Waals surface area contributed by atoms with E-state index in [2.05, 4.69) is 0 Å². The number of ether oxygens (including phenoxy) is 1. The molecule has 146 valence electrons. The van der Waals surface area contributed by atoms with Crippen molar-refractivity contribution in [3.63, 3.8) is 0 Å². The standard InChI is InChI=1S/C23H18O6/c1-29-19-9-8-12(10-17(19)26)11-18(27)20-13-4-2-6-15(24)21(13)23(28)22-14(20)5-3-7-16(22)25/h2-10,20,24-26H,11H2,1H3. The van der Waals surface area contributed by atoms with Crippen molar-refractivity contribution in [2.75, 3.05) is 7.11 Å². The number of aromatic hydroxyl groups is 3. The molecule has 3 aromatic carbocycles. The van der Waals surface area contributed by atoms with Crippen LogP contribution >= 0.6 is 0 Å². The predicted octanol–water partition coefficient (Wildman–Crippen LogP) is 3.30. The number of methoxy groups -OCH3 is 1. The number of rotatable bonds is 4. The van der Waals surface area contributed by atoms with Crippen molar-refractivity contribution >= 4 is 11.6 Å². The second kappa shape index (κ2) is 6.98. The quantitative estimate of drug-likeness (QED) is 0.631. The maximum Gasteiger partial charge on any atom is 0.201 e. The average molecular weight is 390 g/mol. The van der Waals surface area contributed by atoms with Gasteiger partial charge < -0.3 is 20.1 Å². The highest BCUT2D eigenvalue weighted by molar-refractivity contribution is 6.18. The summed E-state index contributed by atoms with van der Waals surface area (Å²) in [5.41, 5.74) is 1.43. The first-order chi connectivity index (χ1) is 13.9. The summed E-state index contributed by atoms with van der Waals surface area (Å²) in [6, 6.07) is 13.9. The molecule has 0 aliphatic heterocycles. The van der Waals surface area contributed by atoms with Gasteiger partial charge in [0.15, 0.2) is 11.5 Å². The molecule has 3 N–H and O–H groups in total. The molecular formula is C23H18O6. The third-order valence-electron chi connectivity index (χ3n) is 5.17. The van der Waals surface area contributed by atoms with Crippen LogP contribution in [0.4, 0.5) is 0 Å². The molecule has 0 saturated carbocycles. The van der Waals surface area contributed by atoms with E-state index in [-0.39, 0.29) is 40.6 Å². The lowest BCUT2D eigenvalue weighted by atomic mass is 9.74. The smallest absolute Gasteiger partial charge is 0.201 e. The zero-order valence-corrected chi connectivity index (χ0v) is 15.5. The molecule has 0 heterocycles. The molecule has 6 heteroatoms. The molecule has 1 aliphatic rings. The van der Waals surface area contributed by atoms with E-state index in [1.807, 2.05) is 0 Å². The molecule has 0 amide bonds. The molecule has 0 unspecified atom stereocenters. The molecule has 4 rings (SSSR count). The normalized spacial score (nSPS) is 12.9. The van der Waals surface area contributed by atoms with Crippen molar-refractivity contribution in [3.05, 3.63) is 82.4 Å². The number of ketones is 2. The zero-order valence-electron chi connectivity index (χ0n) is 15.5. The van der Waals surface area contributed by atoms with Crippen LogP contribution in [0.2, 0.25) is 0 Å². The number of carbonyl (C=O) groups is 2. The average Bonchev–Trinajstić information content (AvgIpc) is 2.68. The number of fused-ring (bicyclic) bond motifs is 2. The Balaban J connectivity index is 1.81. The van der Waals surface area contributed by atoms with Gasteiger partial charge in [-0.1, -0.05) is 30.3 Å². The van der Waals surface area contributed by atoms with E-state index in [1.165, 1.54) is 25.3 Å². The Morgan fingerprint density at radius 2 is 1.48 bits per heavy atom. The highest BCUT2D eigenvalue weighted by atomic mass is 16.5. The van der Waals surface area contributed by atoms with E-state index in [1.54, 1.807) is 36.4 Å². The number of Topliss-reactive ketones (excluding diaryl/α,β-unsaturated/α-hetero) is 1. The van der Waals surface area contributed by atoms with Gasteiger partial charge >= 0.3 is 0 Å². The van der Waals surface area contributed by atoms with Gasteiger partial charge in [0.25, 0.3) is 0 Å². The van der Waals surface area contributed by atoms with Crippen LogP contribution < -0.4 is 4.74 Å². The lowest BCUT2D eigenvalue weighted by Crippen LogP contribution is -2.26. The summed E-state index contributed by atoms with van der Waals surface area (Å²) in [7, 11) is 1.44. The highest BCUT2D eigenvalue weighted by Crippen LogP contribution is 2.43. The molecule has 0 fully saturated rings. The van der Waals surface area contributed by atoms with Crippen LogP contribution in [-0.4, -0.2) is 34.0 Å². The molecule has 0 bridgehead atoms. The maximum absolute atomic E-state index is 13.3. The molecule has 0 aromatic heterocycles. The fourth-order valence-electron chi connectivity index (χ4n) is 3.88. The Labute approximate surface area is 166 Å². The van der Waals surface area contributed by atoms with Gasteiger partial charge in [0.1, 0.15) is 17.3 Å². The first-order valence-electron chi connectivity index (χ1n) is 8.99. The largest absolute Gasteiger partial charge is 0.507 e. The highest BCUT2D eigenvalue weighted by Gasteiger charge is 2.38. The molecule has 29 heavy (non-hydrogen) atoms. The Bertz CT molecular complexity index is 1090. The maximum atomic E-state index is 13.3. The number of phenolic OH excluding ortho intramolecular Hbond substituents is 3. The van der Waals surface area contributed by atoms with Crippen molar-refractivity contribution in [1.82, 2.24) is 0 Å². The SMILES string of the molecule is COc1ccc(CC(=O)C2c3cccc(O)c3C(=O)c3c(O)cccc32)cc1O. The van der Waals surface area contributed by atoms with Gasteiger partial charge in [-0.3, -0.25) is 9.59 Å². The van der Waals surface area contributed by atoms with E-state index in [4.69, 9.17) is 4.74 Å². The molecule has 3 aromatic rings. The molecule has 6 nitrogen and oxygen atoms in total. The molecular weight excluding hydrogens is 372 g/mol. The van der Waals surface area contributed by atoms with E-state index in [9.17, 15) is 24.9 Å². The molecule has 1 aliphatic carbocycles. The second-order valence-electron chi connectivity index (χ2n) is 6.89. The van der Waals surface area contributed by atoms with Crippen molar-refractivity contribution < 1.29 is 29.6 Å². The number of benzene rings is 3. The van der Waals surface area contributed by atoms with Crippen molar-refractivity contribution in [3.8, 4) is 23.0 Å². The predicted molar refractivity (Wildman–Crippen MR) is 105 cm³/mol.